The highest BCUT2D eigenvalue weighted by Gasteiger charge is 2.07. The second-order valence-electron chi connectivity index (χ2n) is 4.38. The molecular weight excluding hydrogens is 282 g/mol. The molecule has 0 unspecified atom stereocenters. The predicted molar refractivity (Wildman–Crippen MR) is 87.8 cm³/mol. The first-order valence-corrected chi connectivity index (χ1v) is 7.41. The Morgan fingerprint density at radius 2 is 1.90 bits per heavy atom. The number of rotatable bonds is 5. The molecule has 1 amide bonds. The van der Waals surface area contributed by atoms with Crippen LogP contribution in [0.4, 0.5) is 5.69 Å². The maximum absolute atomic E-state index is 12.0. The number of amides is 1. The third-order valence-corrected chi connectivity index (χ3v) is 3.69. The van der Waals surface area contributed by atoms with Crippen molar-refractivity contribution in [3.05, 3.63) is 65.6 Å². The van der Waals surface area contributed by atoms with Gasteiger partial charge in [-0.05, 0) is 36.1 Å². The van der Waals surface area contributed by atoms with Gasteiger partial charge in [0.05, 0.1) is 12.8 Å². The van der Waals surface area contributed by atoms with Crippen molar-refractivity contribution in [1.82, 2.24) is 0 Å². The molecule has 0 saturated heterocycles. The fourth-order valence-electron chi connectivity index (χ4n) is 1.81. The summed E-state index contributed by atoms with van der Waals surface area (Å²) >= 11 is 1.50. The van der Waals surface area contributed by atoms with E-state index < -0.39 is 0 Å². The zero-order chi connectivity index (χ0) is 15.1. The summed E-state index contributed by atoms with van der Waals surface area (Å²) in [5, 5.41) is 4.63. The number of aryl methyl sites for hydroxylation is 1. The fourth-order valence-corrected chi connectivity index (χ4v) is 2.47. The average Bonchev–Trinajstić information content (AvgIpc) is 2.50. The predicted octanol–water partition coefficient (Wildman–Crippen LogP) is 4.25. The molecule has 2 aromatic carbocycles. The molecule has 1 N–H and O–H groups in total. The van der Waals surface area contributed by atoms with Gasteiger partial charge in [-0.3, -0.25) is 4.79 Å². The summed E-state index contributed by atoms with van der Waals surface area (Å²) in [6.45, 7) is 1.93. The minimum absolute atomic E-state index is 0.175. The van der Waals surface area contributed by atoms with E-state index in [4.69, 9.17) is 4.74 Å². The molecule has 0 spiro atoms. The van der Waals surface area contributed by atoms with Gasteiger partial charge in [0.2, 0.25) is 5.91 Å². The van der Waals surface area contributed by atoms with Gasteiger partial charge in [0.1, 0.15) is 5.75 Å². The minimum atomic E-state index is -0.175. The van der Waals surface area contributed by atoms with Crippen LogP contribution in [0.1, 0.15) is 5.56 Å². The second-order valence-corrected chi connectivity index (χ2v) is 5.35. The number of ether oxygens (including phenoxy) is 1. The highest BCUT2D eigenvalue weighted by molar-refractivity contribution is 8.02. The molecule has 21 heavy (non-hydrogen) atoms. The molecule has 0 bridgehead atoms. The fraction of sp³-hybridized carbons (Fsp3) is 0.118. The molecule has 4 heteroatoms. The van der Waals surface area contributed by atoms with Gasteiger partial charge in [-0.25, -0.2) is 0 Å². The number of hydrogen-bond donors (Lipinski definition) is 1. The lowest BCUT2D eigenvalue weighted by molar-refractivity contribution is -0.111. The van der Waals surface area contributed by atoms with E-state index in [9.17, 15) is 4.79 Å². The third-order valence-electron chi connectivity index (χ3n) is 2.87. The summed E-state index contributed by atoms with van der Waals surface area (Å²) in [7, 11) is 1.59. The number of thioether (sulfide) groups is 1. The van der Waals surface area contributed by atoms with Crippen LogP contribution in [-0.4, -0.2) is 13.0 Å². The maximum Gasteiger partial charge on any atom is 0.248 e. The topological polar surface area (TPSA) is 38.3 Å². The van der Waals surface area contributed by atoms with Crippen molar-refractivity contribution in [2.45, 2.75) is 11.8 Å². The maximum atomic E-state index is 12.0. The van der Waals surface area contributed by atoms with Crippen LogP contribution in [0.25, 0.3) is 0 Å². The van der Waals surface area contributed by atoms with Gasteiger partial charge in [-0.2, -0.15) is 0 Å². The van der Waals surface area contributed by atoms with E-state index in [1.54, 1.807) is 12.5 Å². The Morgan fingerprint density at radius 1 is 1.14 bits per heavy atom. The number of carbonyl (C=O) groups is 1. The summed E-state index contributed by atoms with van der Waals surface area (Å²) in [4.78, 5) is 13.0. The largest absolute Gasteiger partial charge is 0.495 e. The van der Waals surface area contributed by atoms with Gasteiger partial charge in [0.25, 0.3) is 0 Å². The highest BCUT2D eigenvalue weighted by Crippen LogP contribution is 2.27. The lowest BCUT2D eigenvalue weighted by atomic mass is 10.2. The summed E-state index contributed by atoms with van der Waals surface area (Å²) in [6, 6.07) is 15.5. The quantitative estimate of drug-likeness (QED) is 0.662. The summed E-state index contributed by atoms with van der Waals surface area (Å²) in [5.74, 6) is 0.485. The summed E-state index contributed by atoms with van der Waals surface area (Å²) in [6.07, 6.45) is 1.52. The normalized spacial score (nSPS) is 10.6. The molecule has 0 aliphatic heterocycles. The number of nitrogens with one attached hydrogen (secondary N) is 1. The van der Waals surface area contributed by atoms with Crippen molar-refractivity contribution in [2.24, 2.45) is 0 Å². The molecule has 2 rings (SSSR count). The molecule has 0 saturated carbocycles. The van der Waals surface area contributed by atoms with Crippen LogP contribution in [0.15, 0.2) is 64.9 Å². The molecule has 0 aliphatic rings. The Bertz CT molecular complexity index is 638. The Kier molecular flexibility index (Phi) is 5.46. The Hall–Kier alpha value is -2.20. The Balaban J connectivity index is 1.99. The van der Waals surface area contributed by atoms with E-state index in [-0.39, 0.29) is 5.91 Å². The number of carbonyl (C=O) groups excluding carboxylic acids is 1. The Labute approximate surface area is 129 Å². The van der Waals surface area contributed by atoms with Crippen molar-refractivity contribution < 1.29 is 9.53 Å². The van der Waals surface area contributed by atoms with Crippen molar-refractivity contribution in [3.8, 4) is 5.75 Å². The van der Waals surface area contributed by atoms with Crippen molar-refractivity contribution in [1.29, 1.82) is 0 Å². The van der Waals surface area contributed by atoms with E-state index in [2.05, 4.69) is 5.32 Å². The highest BCUT2D eigenvalue weighted by atomic mass is 32.2. The standard InChI is InChI=1S/C17H17NO2S/c1-13-7-6-10-15(20-2)17(13)18-16(19)11-12-21-14-8-4-3-5-9-14/h3-12H,1-2H3,(H,18,19). The van der Waals surface area contributed by atoms with Crippen LogP contribution < -0.4 is 10.1 Å². The van der Waals surface area contributed by atoms with Gasteiger partial charge in [0, 0.05) is 11.0 Å². The second kappa shape index (κ2) is 7.55. The van der Waals surface area contributed by atoms with Crippen LogP contribution in [0.2, 0.25) is 0 Å². The first-order valence-electron chi connectivity index (χ1n) is 6.53. The number of methoxy groups -OCH3 is 1. The molecular formula is C17H17NO2S. The first kappa shape index (κ1) is 15.2. The average molecular weight is 299 g/mol. The number of hydrogen-bond acceptors (Lipinski definition) is 3. The van der Waals surface area contributed by atoms with E-state index in [1.165, 1.54) is 17.8 Å². The van der Waals surface area contributed by atoms with Gasteiger partial charge in [0.15, 0.2) is 0 Å². The smallest absolute Gasteiger partial charge is 0.248 e. The van der Waals surface area contributed by atoms with E-state index in [0.29, 0.717) is 11.4 Å². The SMILES string of the molecule is COc1cccc(C)c1NC(=O)C=CSc1ccccc1. The number of para-hydroxylation sites is 1. The molecule has 108 valence electrons. The van der Waals surface area contributed by atoms with Gasteiger partial charge >= 0.3 is 0 Å². The molecule has 0 radical (unpaired) electrons. The van der Waals surface area contributed by atoms with Gasteiger partial charge < -0.3 is 10.1 Å². The molecule has 0 fully saturated rings. The van der Waals surface area contributed by atoms with Crippen LogP contribution in [-0.2, 0) is 4.79 Å². The summed E-state index contributed by atoms with van der Waals surface area (Å²) < 4.78 is 5.26. The van der Waals surface area contributed by atoms with E-state index in [0.717, 1.165) is 10.5 Å². The number of benzene rings is 2. The van der Waals surface area contributed by atoms with Crippen LogP contribution in [0.5, 0.6) is 5.75 Å². The van der Waals surface area contributed by atoms with Crippen molar-refractivity contribution >= 4 is 23.4 Å². The lowest BCUT2D eigenvalue weighted by Crippen LogP contribution is -2.10. The minimum Gasteiger partial charge on any atom is -0.495 e. The third kappa shape index (κ3) is 4.39. The molecule has 2 aromatic rings. The van der Waals surface area contributed by atoms with E-state index >= 15 is 0 Å². The zero-order valence-corrected chi connectivity index (χ0v) is 12.8. The first-order chi connectivity index (χ1) is 10.2. The molecule has 3 nitrogen and oxygen atoms in total. The van der Waals surface area contributed by atoms with Crippen molar-refractivity contribution in [3.63, 3.8) is 0 Å². The molecule has 0 aromatic heterocycles. The monoisotopic (exact) mass is 299 g/mol. The Morgan fingerprint density at radius 3 is 2.62 bits per heavy atom. The zero-order valence-electron chi connectivity index (χ0n) is 12.0. The lowest BCUT2D eigenvalue weighted by Gasteiger charge is -2.11. The van der Waals surface area contributed by atoms with Crippen LogP contribution >= 0.6 is 11.8 Å². The molecule has 0 aliphatic carbocycles. The molecule has 0 atom stereocenters. The van der Waals surface area contributed by atoms with Crippen LogP contribution in [0.3, 0.4) is 0 Å². The van der Waals surface area contributed by atoms with Gasteiger partial charge in [-0.15, -0.1) is 0 Å². The number of anilines is 1. The molecule has 0 heterocycles. The van der Waals surface area contributed by atoms with Gasteiger partial charge in [-0.1, -0.05) is 42.1 Å². The summed E-state index contributed by atoms with van der Waals surface area (Å²) in [5.41, 5.74) is 1.67. The van der Waals surface area contributed by atoms with Crippen molar-refractivity contribution in [2.75, 3.05) is 12.4 Å². The van der Waals surface area contributed by atoms with Crippen LogP contribution in [0, 0.1) is 6.92 Å². The van der Waals surface area contributed by atoms with E-state index in [1.807, 2.05) is 55.5 Å².